The zero-order chi connectivity index (χ0) is 26.4. The lowest BCUT2D eigenvalue weighted by molar-refractivity contribution is 0.192. The Bertz CT molecular complexity index is 1470. The van der Waals surface area contributed by atoms with Crippen molar-refractivity contribution in [2.75, 3.05) is 30.4 Å². The minimum Gasteiger partial charge on any atom is -0.370 e. The lowest BCUT2D eigenvalue weighted by Crippen LogP contribution is -2.48. The van der Waals surface area contributed by atoms with Crippen LogP contribution in [0.3, 0.4) is 0 Å². The summed E-state index contributed by atoms with van der Waals surface area (Å²) in [6, 6.07) is 6.18. The van der Waals surface area contributed by atoms with Gasteiger partial charge in [0.15, 0.2) is 0 Å². The Morgan fingerprint density at radius 2 is 1.97 bits per heavy atom. The van der Waals surface area contributed by atoms with Gasteiger partial charge in [0.2, 0.25) is 0 Å². The maximum absolute atomic E-state index is 11.7. The van der Waals surface area contributed by atoms with Gasteiger partial charge in [-0.05, 0) is 66.8 Å². The van der Waals surface area contributed by atoms with E-state index >= 15 is 0 Å². The lowest BCUT2D eigenvalue weighted by Gasteiger charge is -2.44. The van der Waals surface area contributed by atoms with E-state index in [2.05, 4.69) is 46.3 Å². The van der Waals surface area contributed by atoms with E-state index in [1.807, 2.05) is 41.0 Å². The van der Waals surface area contributed by atoms with Gasteiger partial charge in [0.05, 0.1) is 17.6 Å². The Kier molecular flexibility index (Phi) is 6.72. The van der Waals surface area contributed by atoms with Crippen LogP contribution in [0.5, 0.6) is 0 Å². The minimum absolute atomic E-state index is 0.200. The molecule has 8 nitrogen and oxygen atoms in total. The molecule has 38 heavy (non-hydrogen) atoms. The molecule has 0 bridgehead atoms. The topological polar surface area (TPSA) is 93.0 Å². The number of hydrogen-bond acceptors (Lipinski definition) is 8. The third kappa shape index (κ3) is 5.61. The summed E-state index contributed by atoms with van der Waals surface area (Å²) in [5.74, 6) is 2.17. The zero-order valence-corrected chi connectivity index (χ0v) is 23.7. The molecule has 3 aromatic heterocycles. The van der Waals surface area contributed by atoms with E-state index in [0.717, 1.165) is 47.8 Å². The van der Waals surface area contributed by atoms with Crippen LogP contribution >= 0.6 is 11.9 Å². The highest BCUT2D eigenvalue weighted by Crippen LogP contribution is 2.42. The molecule has 0 spiro atoms. The normalized spacial score (nSPS) is 19.7. The molecule has 1 atom stereocenters. The minimum atomic E-state index is -2.95. The number of hydrogen-bond donors (Lipinski definition) is 1. The maximum Gasteiger partial charge on any atom is 0.147 e. The molecule has 10 heteroatoms. The van der Waals surface area contributed by atoms with Crippen molar-refractivity contribution in [1.29, 1.82) is 0 Å². The fourth-order valence-electron chi connectivity index (χ4n) is 5.40. The number of likely N-dealkylation sites (tertiary alicyclic amines) is 1. The highest BCUT2D eigenvalue weighted by Gasteiger charge is 2.35. The molecule has 1 N–H and O–H groups in total. The molecule has 0 aromatic carbocycles. The molecule has 200 valence electrons. The van der Waals surface area contributed by atoms with E-state index in [0.29, 0.717) is 17.1 Å². The van der Waals surface area contributed by atoms with Crippen molar-refractivity contribution in [3.05, 3.63) is 60.2 Å². The first kappa shape index (κ1) is 25.4. The molecule has 4 heterocycles. The van der Waals surface area contributed by atoms with Gasteiger partial charge >= 0.3 is 0 Å². The third-order valence-electron chi connectivity index (χ3n) is 7.49. The fourth-order valence-corrected chi connectivity index (χ4v) is 7.40. The SMILES string of the molecule is CC(C)C1CC=C(N2CC(CS(C)(=O)=O)C2)c2cnc(Nc3ccnc(-c4cnn(SC5CC5)c4)c3)cc21. The molecule has 0 amide bonds. The highest BCUT2D eigenvalue weighted by atomic mass is 32.2. The molecule has 1 aliphatic heterocycles. The number of anilines is 2. The van der Waals surface area contributed by atoms with Gasteiger partial charge < -0.3 is 10.2 Å². The average molecular weight is 551 g/mol. The van der Waals surface area contributed by atoms with Crippen LogP contribution in [0.15, 0.2) is 49.1 Å². The van der Waals surface area contributed by atoms with E-state index in [1.165, 1.54) is 30.4 Å². The van der Waals surface area contributed by atoms with E-state index < -0.39 is 9.84 Å². The van der Waals surface area contributed by atoms with E-state index in [-0.39, 0.29) is 11.7 Å². The van der Waals surface area contributed by atoms with Crippen molar-refractivity contribution >= 4 is 39.0 Å². The van der Waals surface area contributed by atoms with Crippen molar-refractivity contribution < 1.29 is 8.42 Å². The number of rotatable bonds is 9. The van der Waals surface area contributed by atoms with Crippen molar-refractivity contribution in [2.45, 2.75) is 44.3 Å². The Morgan fingerprint density at radius 1 is 1.16 bits per heavy atom. The van der Waals surface area contributed by atoms with Crippen LogP contribution in [0, 0.1) is 11.8 Å². The quantitative estimate of drug-likeness (QED) is 0.389. The number of fused-ring (bicyclic) bond motifs is 1. The summed E-state index contributed by atoms with van der Waals surface area (Å²) < 4.78 is 25.4. The van der Waals surface area contributed by atoms with Crippen LogP contribution in [0.1, 0.15) is 50.2 Å². The fraction of sp³-hybridized carbons (Fsp3) is 0.464. The Morgan fingerprint density at radius 3 is 2.71 bits per heavy atom. The number of pyridine rings is 2. The number of allylic oxidation sites excluding steroid dienone is 1. The van der Waals surface area contributed by atoms with Gasteiger partial charge in [0.25, 0.3) is 0 Å². The van der Waals surface area contributed by atoms with E-state index in [1.54, 1.807) is 11.9 Å². The van der Waals surface area contributed by atoms with Gasteiger partial charge in [-0.3, -0.25) is 4.98 Å². The summed E-state index contributed by atoms with van der Waals surface area (Å²) in [6.45, 7) is 6.09. The standard InChI is InChI=1S/C28H34N6O2S2/c1-18(2)23-6-7-27(33-14-19(15-33)17-38(3,35)36)25-13-30-28(11-24(23)25)32-21-8-9-29-26(10-21)20-12-31-34(16-20)37-22-4-5-22/h7-13,16,18-19,22-23H,4-6,14-15,17H2,1-3H3,(H,29,30,32). The van der Waals surface area contributed by atoms with Gasteiger partial charge in [0.1, 0.15) is 15.7 Å². The van der Waals surface area contributed by atoms with Gasteiger partial charge in [0, 0.05) is 71.6 Å². The molecule has 0 radical (unpaired) electrons. The van der Waals surface area contributed by atoms with Gasteiger partial charge in [-0.2, -0.15) is 5.10 Å². The zero-order valence-electron chi connectivity index (χ0n) is 22.0. The first-order chi connectivity index (χ1) is 18.2. The predicted octanol–water partition coefficient (Wildman–Crippen LogP) is 5.20. The second-order valence-electron chi connectivity index (χ2n) is 11.2. The Hall–Kier alpha value is -2.85. The predicted molar refractivity (Wildman–Crippen MR) is 154 cm³/mol. The monoisotopic (exact) mass is 550 g/mol. The molecule has 3 aliphatic rings. The Labute approximate surface area is 229 Å². The van der Waals surface area contributed by atoms with Crippen LogP contribution in [-0.4, -0.2) is 62.8 Å². The van der Waals surface area contributed by atoms with E-state index in [9.17, 15) is 8.42 Å². The molecule has 6 rings (SSSR count). The molecule has 1 saturated carbocycles. The second-order valence-corrected chi connectivity index (χ2v) is 14.6. The second kappa shape index (κ2) is 10.0. The van der Waals surface area contributed by atoms with Crippen LogP contribution in [0.25, 0.3) is 17.0 Å². The summed E-state index contributed by atoms with van der Waals surface area (Å²) in [5.41, 5.74) is 6.46. The van der Waals surface area contributed by atoms with Gasteiger partial charge in [-0.25, -0.2) is 17.5 Å². The van der Waals surface area contributed by atoms with Crippen molar-refractivity contribution in [2.24, 2.45) is 11.8 Å². The highest BCUT2D eigenvalue weighted by molar-refractivity contribution is 7.98. The van der Waals surface area contributed by atoms with Crippen LogP contribution < -0.4 is 5.32 Å². The molecule has 2 fully saturated rings. The molecular weight excluding hydrogens is 516 g/mol. The lowest BCUT2D eigenvalue weighted by atomic mass is 9.78. The van der Waals surface area contributed by atoms with Crippen molar-refractivity contribution in [1.82, 2.24) is 24.1 Å². The largest absolute Gasteiger partial charge is 0.370 e. The number of sulfone groups is 1. The first-order valence-electron chi connectivity index (χ1n) is 13.3. The van der Waals surface area contributed by atoms with Crippen molar-refractivity contribution in [3.8, 4) is 11.3 Å². The summed E-state index contributed by atoms with van der Waals surface area (Å²) in [7, 11) is -2.95. The molecule has 3 aromatic rings. The van der Waals surface area contributed by atoms with Crippen LogP contribution in [-0.2, 0) is 9.84 Å². The summed E-state index contributed by atoms with van der Waals surface area (Å²) in [5, 5.41) is 8.67. The van der Waals surface area contributed by atoms with Gasteiger partial charge in [-0.15, -0.1) is 0 Å². The number of nitrogens with zero attached hydrogens (tertiary/aromatic N) is 5. The summed E-state index contributed by atoms with van der Waals surface area (Å²) in [6.07, 6.45) is 14.8. The molecule has 1 unspecified atom stereocenters. The molecular formula is C28H34N6O2S2. The third-order valence-corrected chi connectivity index (χ3v) is 9.75. The Balaban J connectivity index is 1.20. The van der Waals surface area contributed by atoms with Crippen molar-refractivity contribution in [3.63, 3.8) is 0 Å². The van der Waals surface area contributed by atoms with Crippen LogP contribution in [0.4, 0.5) is 11.5 Å². The van der Waals surface area contributed by atoms with Gasteiger partial charge in [-0.1, -0.05) is 19.9 Å². The molecule has 1 saturated heterocycles. The summed E-state index contributed by atoms with van der Waals surface area (Å²) in [4.78, 5) is 11.6. The van der Waals surface area contributed by atoms with E-state index in [4.69, 9.17) is 4.98 Å². The average Bonchev–Trinajstić information content (AvgIpc) is 3.54. The summed E-state index contributed by atoms with van der Waals surface area (Å²) >= 11 is 1.77. The maximum atomic E-state index is 11.7. The smallest absolute Gasteiger partial charge is 0.147 e. The van der Waals surface area contributed by atoms with Crippen LogP contribution in [0.2, 0.25) is 0 Å². The number of nitrogens with one attached hydrogen (secondary N) is 1. The molecule has 2 aliphatic carbocycles. The number of aromatic nitrogens is 4. The first-order valence-corrected chi connectivity index (χ1v) is 16.2.